The van der Waals surface area contributed by atoms with Gasteiger partial charge in [-0.2, -0.15) is 0 Å². The van der Waals surface area contributed by atoms with E-state index >= 15 is 0 Å². The summed E-state index contributed by atoms with van der Waals surface area (Å²) in [4.78, 5) is 25.7. The van der Waals surface area contributed by atoms with Gasteiger partial charge in [-0.15, -0.1) is 0 Å². The number of methoxy groups -OCH3 is 2. The molecule has 144 valence electrons. The molecule has 0 saturated carbocycles. The third-order valence-electron chi connectivity index (χ3n) is 5.40. The van der Waals surface area contributed by atoms with Gasteiger partial charge in [0.05, 0.1) is 19.8 Å². The fourth-order valence-electron chi connectivity index (χ4n) is 4.23. The molecule has 1 unspecified atom stereocenters. The van der Waals surface area contributed by atoms with Crippen molar-refractivity contribution in [3.8, 4) is 5.75 Å². The number of esters is 1. The van der Waals surface area contributed by atoms with Gasteiger partial charge in [0, 0.05) is 29.3 Å². The van der Waals surface area contributed by atoms with Gasteiger partial charge in [0.25, 0.3) is 0 Å². The highest BCUT2D eigenvalue weighted by Crippen LogP contribution is 2.47. The second-order valence-corrected chi connectivity index (χ2v) is 8.15. The summed E-state index contributed by atoms with van der Waals surface area (Å²) < 4.78 is 10.4. The molecule has 0 saturated heterocycles. The zero-order valence-corrected chi connectivity index (χ0v) is 16.9. The summed E-state index contributed by atoms with van der Waals surface area (Å²) in [6.07, 6.45) is 1.23. The van der Waals surface area contributed by atoms with Crippen LogP contribution in [0.25, 0.3) is 0 Å². The fraction of sp³-hybridized carbons (Fsp3) is 0.455. The molecule has 1 aliphatic carbocycles. The van der Waals surface area contributed by atoms with Crippen LogP contribution in [0.15, 0.2) is 40.7 Å². The SMILES string of the molecule is COC(=O)C1=C(C)NC2=C(C(=O)CC(C)(C)C2)C1c1ccc(OC)c(C)c1. The minimum Gasteiger partial charge on any atom is -0.496 e. The van der Waals surface area contributed by atoms with E-state index in [0.717, 1.165) is 34.7 Å². The number of rotatable bonds is 3. The van der Waals surface area contributed by atoms with E-state index < -0.39 is 11.9 Å². The highest BCUT2D eigenvalue weighted by Gasteiger charge is 2.43. The van der Waals surface area contributed by atoms with Crippen LogP contribution in [0.3, 0.4) is 0 Å². The van der Waals surface area contributed by atoms with Crippen LogP contribution in [0.5, 0.6) is 5.75 Å². The number of carbonyl (C=O) groups is 2. The zero-order valence-electron chi connectivity index (χ0n) is 16.9. The first kappa shape index (κ1) is 19.2. The zero-order chi connectivity index (χ0) is 19.9. The lowest BCUT2D eigenvalue weighted by Gasteiger charge is -2.39. The van der Waals surface area contributed by atoms with Crippen molar-refractivity contribution in [1.82, 2.24) is 5.32 Å². The number of hydrogen-bond acceptors (Lipinski definition) is 5. The Balaban J connectivity index is 2.21. The first-order valence-electron chi connectivity index (χ1n) is 9.15. The van der Waals surface area contributed by atoms with Gasteiger partial charge in [-0.05, 0) is 42.9 Å². The van der Waals surface area contributed by atoms with Crippen molar-refractivity contribution in [1.29, 1.82) is 0 Å². The first-order valence-corrected chi connectivity index (χ1v) is 9.15. The second kappa shape index (κ2) is 6.87. The van der Waals surface area contributed by atoms with Crippen LogP contribution in [0.4, 0.5) is 0 Å². The van der Waals surface area contributed by atoms with E-state index in [9.17, 15) is 9.59 Å². The quantitative estimate of drug-likeness (QED) is 0.822. The van der Waals surface area contributed by atoms with Crippen molar-refractivity contribution in [2.75, 3.05) is 14.2 Å². The second-order valence-electron chi connectivity index (χ2n) is 8.15. The molecule has 1 aromatic carbocycles. The predicted molar refractivity (Wildman–Crippen MR) is 103 cm³/mol. The van der Waals surface area contributed by atoms with E-state index in [0.29, 0.717) is 17.6 Å². The summed E-state index contributed by atoms with van der Waals surface area (Å²) in [6.45, 7) is 8.01. The Morgan fingerprint density at radius 1 is 1.19 bits per heavy atom. The van der Waals surface area contributed by atoms with E-state index in [-0.39, 0.29) is 11.2 Å². The maximum atomic E-state index is 13.1. The van der Waals surface area contributed by atoms with Crippen molar-refractivity contribution in [3.05, 3.63) is 51.9 Å². The van der Waals surface area contributed by atoms with E-state index in [1.165, 1.54) is 7.11 Å². The third kappa shape index (κ3) is 3.38. The molecule has 0 aromatic heterocycles. The van der Waals surface area contributed by atoms with Crippen LogP contribution < -0.4 is 10.1 Å². The molecule has 0 radical (unpaired) electrons. The summed E-state index contributed by atoms with van der Waals surface area (Å²) in [6, 6.07) is 5.80. The number of Topliss-reactive ketones (excluding diaryl/α,β-unsaturated/α-hetero) is 1. The summed E-state index contributed by atoms with van der Waals surface area (Å²) in [5.41, 5.74) is 4.59. The molecule has 0 amide bonds. The van der Waals surface area contributed by atoms with E-state index in [1.807, 2.05) is 32.0 Å². The lowest BCUT2D eigenvalue weighted by atomic mass is 9.68. The van der Waals surface area contributed by atoms with Crippen LogP contribution in [0.1, 0.15) is 50.7 Å². The van der Waals surface area contributed by atoms with Gasteiger partial charge in [0.2, 0.25) is 0 Å². The number of allylic oxidation sites excluding steroid dienone is 3. The number of ketones is 1. The van der Waals surface area contributed by atoms with Crippen molar-refractivity contribution in [2.45, 2.75) is 46.5 Å². The number of ether oxygens (including phenoxy) is 2. The van der Waals surface area contributed by atoms with Gasteiger partial charge in [-0.3, -0.25) is 4.79 Å². The van der Waals surface area contributed by atoms with E-state index in [1.54, 1.807) is 7.11 Å². The maximum Gasteiger partial charge on any atom is 0.336 e. The Labute approximate surface area is 160 Å². The van der Waals surface area contributed by atoms with Crippen molar-refractivity contribution in [3.63, 3.8) is 0 Å². The minimum atomic E-state index is -0.429. The molecule has 27 heavy (non-hydrogen) atoms. The van der Waals surface area contributed by atoms with Crippen LogP contribution >= 0.6 is 0 Å². The summed E-state index contributed by atoms with van der Waals surface area (Å²) in [5.74, 6) is 0.0176. The Morgan fingerprint density at radius 3 is 2.48 bits per heavy atom. The summed E-state index contributed by atoms with van der Waals surface area (Å²) >= 11 is 0. The Bertz CT molecular complexity index is 876. The van der Waals surface area contributed by atoms with Gasteiger partial charge >= 0.3 is 5.97 Å². The average Bonchev–Trinajstić information content (AvgIpc) is 2.58. The fourth-order valence-corrected chi connectivity index (χ4v) is 4.23. The first-order chi connectivity index (χ1) is 12.7. The number of hydrogen-bond donors (Lipinski definition) is 1. The molecule has 0 bridgehead atoms. The van der Waals surface area contributed by atoms with Gasteiger partial charge in [-0.25, -0.2) is 4.79 Å². The molecular weight excluding hydrogens is 342 g/mol. The molecular formula is C22H27NO4. The standard InChI is InChI=1S/C22H27NO4/c1-12-9-14(7-8-17(12)26-5)19-18(21(25)27-6)13(2)23-15-10-22(3,4)11-16(24)20(15)19/h7-9,19,23H,10-11H2,1-6H3. The summed E-state index contributed by atoms with van der Waals surface area (Å²) in [5, 5.41) is 3.32. The monoisotopic (exact) mass is 369 g/mol. The molecule has 2 aliphatic rings. The molecule has 5 heteroatoms. The van der Waals surface area contributed by atoms with E-state index in [4.69, 9.17) is 9.47 Å². The smallest absolute Gasteiger partial charge is 0.336 e. The molecule has 1 N–H and O–H groups in total. The lowest BCUT2D eigenvalue weighted by Crippen LogP contribution is -2.38. The van der Waals surface area contributed by atoms with E-state index in [2.05, 4.69) is 19.2 Å². The van der Waals surface area contributed by atoms with Gasteiger partial charge < -0.3 is 14.8 Å². The van der Waals surface area contributed by atoms with Gasteiger partial charge in [-0.1, -0.05) is 26.0 Å². The number of carbonyl (C=O) groups excluding carboxylic acids is 2. The highest BCUT2D eigenvalue weighted by molar-refractivity contribution is 6.04. The molecule has 0 spiro atoms. The molecule has 1 heterocycles. The number of nitrogens with one attached hydrogen (secondary N) is 1. The van der Waals surface area contributed by atoms with Crippen LogP contribution in [0.2, 0.25) is 0 Å². The van der Waals surface area contributed by atoms with Crippen LogP contribution in [-0.4, -0.2) is 26.0 Å². The van der Waals surface area contributed by atoms with Crippen LogP contribution in [-0.2, 0) is 14.3 Å². The molecule has 5 nitrogen and oxygen atoms in total. The minimum absolute atomic E-state index is 0.0844. The predicted octanol–water partition coefficient (Wildman–Crippen LogP) is 3.78. The molecule has 1 atom stereocenters. The number of aryl methyl sites for hydroxylation is 1. The van der Waals surface area contributed by atoms with Crippen molar-refractivity contribution >= 4 is 11.8 Å². The van der Waals surface area contributed by atoms with Crippen molar-refractivity contribution in [2.24, 2.45) is 5.41 Å². The average molecular weight is 369 g/mol. The van der Waals surface area contributed by atoms with Crippen LogP contribution in [0, 0.1) is 12.3 Å². The molecule has 1 aliphatic heterocycles. The topological polar surface area (TPSA) is 64.6 Å². The van der Waals surface area contributed by atoms with Gasteiger partial charge in [0.15, 0.2) is 5.78 Å². The lowest BCUT2D eigenvalue weighted by molar-refractivity contribution is -0.136. The van der Waals surface area contributed by atoms with Crippen molar-refractivity contribution < 1.29 is 19.1 Å². The molecule has 3 rings (SSSR count). The third-order valence-corrected chi connectivity index (χ3v) is 5.40. The summed E-state index contributed by atoms with van der Waals surface area (Å²) in [7, 11) is 3.00. The Hall–Kier alpha value is -2.56. The number of dihydropyridines is 1. The molecule has 1 aromatic rings. The largest absolute Gasteiger partial charge is 0.496 e. The Kier molecular flexibility index (Phi) is 4.89. The van der Waals surface area contributed by atoms with Gasteiger partial charge in [0.1, 0.15) is 5.75 Å². The highest BCUT2D eigenvalue weighted by atomic mass is 16.5. The number of benzene rings is 1. The normalized spacial score (nSPS) is 21.6. The maximum absolute atomic E-state index is 13.1. The molecule has 0 fully saturated rings. The Morgan fingerprint density at radius 2 is 1.89 bits per heavy atom.